The number of fused-ring (bicyclic) bond motifs is 2. The van der Waals surface area contributed by atoms with Crippen LogP contribution >= 0.6 is 11.8 Å². The van der Waals surface area contributed by atoms with Crippen molar-refractivity contribution in [2.75, 3.05) is 50.6 Å². The molecule has 0 saturated carbocycles. The highest BCUT2D eigenvalue weighted by Gasteiger charge is 2.27. The van der Waals surface area contributed by atoms with Crippen LogP contribution < -0.4 is 14.4 Å². The zero-order valence-electron chi connectivity index (χ0n) is 20.2. The van der Waals surface area contributed by atoms with E-state index in [1.165, 1.54) is 4.90 Å². The summed E-state index contributed by atoms with van der Waals surface area (Å²) in [5.41, 5.74) is 2.01. The zero-order chi connectivity index (χ0) is 24.2. The molecule has 1 fully saturated rings. The number of rotatable bonds is 7. The number of carbonyl (C=O) groups excluding carboxylic acids is 1. The van der Waals surface area contributed by atoms with E-state index in [0.29, 0.717) is 39.3 Å². The van der Waals surface area contributed by atoms with Crippen molar-refractivity contribution < 1.29 is 19.0 Å². The molecule has 1 saturated heterocycles. The van der Waals surface area contributed by atoms with E-state index in [9.17, 15) is 4.79 Å². The summed E-state index contributed by atoms with van der Waals surface area (Å²) in [6.07, 6.45) is 2.27. The monoisotopic (exact) mass is 493 g/mol. The van der Waals surface area contributed by atoms with Crippen LogP contribution in [0.2, 0.25) is 0 Å². The number of aromatic nitrogens is 1. The third-order valence-corrected chi connectivity index (χ3v) is 7.12. The van der Waals surface area contributed by atoms with Crippen LogP contribution in [0.3, 0.4) is 0 Å². The normalized spacial score (nSPS) is 17.4. The maximum absolute atomic E-state index is 13.0. The van der Waals surface area contributed by atoms with Crippen LogP contribution in [0.1, 0.15) is 18.9 Å². The number of nitrogens with zero attached hydrogens (tertiary/aromatic N) is 3. The Morgan fingerprint density at radius 2 is 1.94 bits per heavy atom. The van der Waals surface area contributed by atoms with Gasteiger partial charge < -0.3 is 24.0 Å². The third kappa shape index (κ3) is 5.33. The predicted molar refractivity (Wildman–Crippen MR) is 139 cm³/mol. The summed E-state index contributed by atoms with van der Waals surface area (Å²) in [5.74, 6) is 2.48. The van der Waals surface area contributed by atoms with Gasteiger partial charge in [-0.1, -0.05) is 25.1 Å². The lowest BCUT2D eigenvalue weighted by Gasteiger charge is -2.33. The van der Waals surface area contributed by atoms with E-state index < -0.39 is 0 Å². The van der Waals surface area contributed by atoms with Crippen molar-refractivity contribution in [3.63, 3.8) is 0 Å². The Morgan fingerprint density at radius 1 is 1.14 bits per heavy atom. The lowest BCUT2D eigenvalue weighted by Crippen LogP contribution is -2.43. The first-order chi connectivity index (χ1) is 17.1. The van der Waals surface area contributed by atoms with E-state index in [0.717, 1.165) is 46.9 Å². The number of amides is 1. The van der Waals surface area contributed by atoms with Gasteiger partial charge in [0.2, 0.25) is 5.91 Å². The van der Waals surface area contributed by atoms with Crippen LogP contribution in [0.4, 0.5) is 5.82 Å². The summed E-state index contributed by atoms with van der Waals surface area (Å²) >= 11 is 1.71. The molecule has 2 aliphatic rings. The molecule has 1 aromatic heterocycles. The molecule has 5 rings (SSSR count). The van der Waals surface area contributed by atoms with Gasteiger partial charge in [-0.05, 0) is 36.6 Å². The lowest BCUT2D eigenvalue weighted by molar-refractivity contribution is -0.133. The van der Waals surface area contributed by atoms with Crippen molar-refractivity contribution in [3.05, 3.63) is 54.1 Å². The Kier molecular flexibility index (Phi) is 7.29. The Bertz CT molecular complexity index is 1200. The van der Waals surface area contributed by atoms with Crippen LogP contribution in [0.5, 0.6) is 11.5 Å². The SMILES string of the molecule is CCC(=O)N(Cc1cc2ccc(SC)cc2nc1N1CCOCC1)CC1COc2ccccc2O1. The first-order valence-corrected chi connectivity index (χ1v) is 13.3. The number of anilines is 1. The second-order valence-electron chi connectivity index (χ2n) is 8.75. The van der Waals surface area contributed by atoms with Crippen LogP contribution in [-0.2, 0) is 16.1 Å². The third-order valence-electron chi connectivity index (χ3n) is 6.40. The van der Waals surface area contributed by atoms with Crippen LogP contribution in [-0.4, -0.2) is 67.6 Å². The molecule has 0 spiro atoms. The number of hydrogen-bond donors (Lipinski definition) is 0. The van der Waals surface area contributed by atoms with Gasteiger partial charge in [-0.2, -0.15) is 0 Å². The first-order valence-electron chi connectivity index (χ1n) is 12.1. The molecule has 8 heteroatoms. The molecule has 3 heterocycles. The molecule has 0 radical (unpaired) electrons. The number of para-hydroxylation sites is 2. The molecular weight excluding hydrogens is 462 g/mol. The number of benzene rings is 2. The number of morpholine rings is 1. The average Bonchev–Trinajstić information content (AvgIpc) is 2.92. The second kappa shape index (κ2) is 10.7. The minimum atomic E-state index is -0.232. The van der Waals surface area contributed by atoms with Crippen LogP contribution in [0, 0.1) is 0 Å². The highest BCUT2D eigenvalue weighted by Crippen LogP contribution is 2.32. The highest BCUT2D eigenvalue weighted by atomic mass is 32.2. The van der Waals surface area contributed by atoms with Crippen molar-refractivity contribution >= 4 is 34.4 Å². The molecule has 7 nitrogen and oxygen atoms in total. The molecular formula is C27H31N3O4S. The van der Waals surface area contributed by atoms with Crippen LogP contribution in [0.15, 0.2) is 53.4 Å². The topological polar surface area (TPSA) is 64.1 Å². The molecule has 2 aliphatic heterocycles. The van der Waals surface area contributed by atoms with Gasteiger partial charge in [0.15, 0.2) is 17.6 Å². The molecule has 3 aromatic rings. The van der Waals surface area contributed by atoms with E-state index in [1.807, 2.05) is 36.1 Å². The number of carbonyl (C=O) groups is 1. The highest BCUT2D eigenvalue weighted by molar-refractivity contribution is 7.98. The average molecular weight is 494 g/mol. The maximum Gasteiger partial charge on any atom is 0.222 e. The minimum Gasteiger partial charge on any atom is -0.486 e. The molecule has 1 atom stereocenters. The smallest absolute Gasteiger partial charge is 0.222 e. The van der Waals surface area contributed by atoms with Crippen molar-refractivity contribution in [2.45, 2.75) is 30.9 Å². The van der Waals surface area contributed by atoms with Gasteiger partial charge in [0, 0.05) is 41.9 Å². The predicted octanol–water partition coefficient (Wildman–Crippen LogP) is 4.37. The van der Waals surface area contributed by atoms with Crippen molar-refractivity contribution in [3.8, 4) is 11.5 Å². The Hall–Kier alpha value is -2.97. The first kappa shape index (κ1) is 23.8. The number of pyridine rings is 1. The van der Waals surface area contributed by atoms with Crippen molar-refractivity contribution in [1.82, 2.24) is 9.88 Å². The Balaban J connectivity index is 1.45. The summed E-state index contributed by atoms with van der Waals surface area (Å²) in [6, 6.07) is 16.2. The Labute approximate surface area is 210 Å². The number of thioether (sulfide) groups is 1. The zero-order valence-corrected chi connectivity index (χ0v) is 21.1. The molecule has 35 heavy (non-hydrogen) atoms. The molecule has 184 valence electrons. The van der Waals surface area contributed by atoms with Crippen molar-refractivity contribution in [2.24, 2.45) is 0 Å². The second-order valence-corrected chi connectivity index (χ2v) is 9.63. The van der Waals surface area contributed by atoms with Crippen LogP contribution in [0.25, 0.3) is 10.9 Å². The van der Waals surface area contributed by atoms with E-state index in [-0.39, 0.29) is 12.0 Å². The van der Waals surface area contributed by atoms with Gasteiger partial charge >= 0.3 is 0 Å². The summed E-state index contributed by atoms with van der Waals surface area (Å²) in [5, 5.41) is 1.07. The van der Waals surface area contributed by atoms with Gasteiger partial charge in [-0.25, -0.2) is 4.98 Å². The summed E-state index contributed by atoms with van der Waals surface area (Å²) in [4.78, 5) is 23.5. The molecule has 1 amide bonds. The standard InChI is InChI=1S/C27H31N3O4S/c1-3-26(31)30(17-21-18-33-24-6-4-5-7-25(24)34-21)16-20-14-19-8-9-22(35-2)15-23(19)28-27(20)29-10-12-32-13-11-29/h4-9,14-15,21H,3,10-13,16-18H2,1-2H3. The van der Waals surface area contributed by atoms with E-state index >= 15 is 0 Å². The van der Waals surface area contributed by atoms with Gasteiger partial charge in [0.05, 0.1) is 25.3 Å². The molecule has 0 aliphatic carbocycles. The van der Waals surface area contributed by atoms with Gasteiger partial charge in [-0.3, -0.25) is 4.79 Å². The fraction of sp³-hybridized carbons (Fsp3) is 0.407. The molecule has 2 aromatic carbocycles. The summed E-state index contributed by atoms with van der Waals surface area (Å²) < 4.78 is 17.7. The van der Waals surface area contributed by atoms with Gasteiger partial charge in [0.1, 0.15) is 12.4 Å². The molecule has 1 unspecified atom stereocenters. The summed E-state index contributed by atoms with van der Waals surface area (Å²) in [7, 11) is 0. The number of ether oxygens (including phenoxy) is 3. The van der Waals surface area contributed by atoms with Gasteiger partial charge in [0.25, 0.3) is 0 Å². The molecule has 0 bridgehead atoms. The quantitative estimate of drug-likeness (QED) is 0.453. The lowest BCUT2D eigenvalue weighted by atomic mass is 10.1. The van der Waals surface area contributed by atoms with E-state index in [4.69, 9.17) is 19.2 Å². The maximum atomic E-state index is 13.0. The Morgan fingerprint density at radius 3 is 2.71 bits per heavy atom. The summed E-state index contributed by atoms with van der Waals surface area (Å²) in [6.45, 7) is 6.14. The fourth-order valence-electron chi connectivity index (χ4n) is 4.56. The molecule has 0 N–H and O–H groups in total. The largest absolute Gasteiger partial charge is 0.486 e. The number of hydrogen-bond acceptors (Lipinski definition) is 7. The van der Waals surface area contributed by atoms with Gasteiger partial charge in [-0.15, -0.1) is 11.8 Å². The minimum absolute atomic E-state index is 0.0817. The van der Waals surface area contributed by atoms with Crippen molar-refractivity contribution in [1.29, 1.82) is 0 Å². The van der Waals surface area contributed by atoms with E-state index in [2.05, 4.69) is 35.4 Å². The van der Waals surface area contributed by atoms with E-state index in [1.54, 1.807) is 11.8 Å². The fourth-order valence-corrected chi connectivity index (χ4v) is 4.99.